The number of imide groups is 2. The molecular weight excluding hydrogens is 324 g/mol. The first-order valence-corrected chi connectivity index (χ1v) is 7.50. The van der Waals surface area contributed by atoms with E-state index in [-0.39, 0.29) is 33.9 Å². The molecule has 0 spiro atoms. The maximum absolute atomic E-state index is 12.2. The van der Waals surface area contributed by atoms with Gasteiger partial charge in [-0.3, -0.25) is 24.0 Å². The van der Waals surface area contributed by atoms with E-state index in [0.29, 0.717) is 0 Å². The molecule has 0 radical (unpaired) electrons. The highest BCUT2D eigenvalue weighted by atomic mass is 16.2. The van der Waals surface area contributed by atoms with Crippen molar-refractivity contribution >= 4 is 40.8 Å². The molecule has 0 unspecified atom stereocenters. The highest BCUT2D eigenvalue weighted by Gasteiger charge is 2.33. The van der Waals surface area contributed by atoms with Crippen molar-refractivity contribution in [3.8, 4) is 0 Å². The van der Waals surface area contributed by atoms with Crippen LogP contribution in [0.5, 0.6) is 0 Å². The summed E-state index contributed by atoms with van der Waals surface area (Å²) in [7, 11) is 0. The second-order valence-corrected chi connectivity index (χ2v) is 5.91. The van der Waals surface area contributed by atoms with Crippen LogP contribution in [0.2, 0.25) is 0 Å². The summed E-state index contributed by atoms with van der Waals surface area (Å²) in [5, 5.41) is 0. The molecule has 3 rings (SSSR count). The number of nitrogens with zero attached hydrogens (tertiary/aromatic N) is 2. The summed E-state index contributed by atoms with van der Waals surface area (Å²) < 4.78 is 0. The van der Waals surface area contributed by atoms with E-state index < -0.39 is 23.6 Å². The Morgan fingerprint density at radius 2 is 1.16 bits per heavy atom. The lowest BCUT2D eigenvalue weighted by atomic mass is 10.1. The van der Waals surface area contributed by atoms with Crippen molar-refractivity contribution in [2.75, 3.05) is 9.80 Å². The maximum atomic E-state index is 12.2. The van der Waals surface area contributed by atoms with Crippen molar-refractivity contribution in [1.82, 2.24) is 0 Å². The van der Waals surface area contributed by atoms with Gasteiger partial charge in [-0.1, -0.05) is 0 Å². The molecule has 1 aromatic carbocycles. The summed E-state index contributed by atoms with van der Waals surface area (Å²) in [5.41, 5.74) is 0.992. The van der Waals surface area contributed by atoms with Gasteiger partial charge in [0, 0.05) is 28.9 Å². The molecule has 0 saturated heterocycles. The van der Waals surface area contributed by atoms with E-state index in [4.69, 9.17) is 0 Å². The first-order valence-electron chi connectivity index (χ1n) is 7.50. The monoisotopic (exact) mass is 338 g/mol. The molecule has 126 valence electrons. The minimum Gasteiger partial charge on any atom is -0.295 e. The number of carbonyl (C=O) groups is 5. The highest BCUT2D eigenvalue weighted by molar-refractivity contribution is 6.32. The van der Waals surface area contributed by atoms with Crippen LogP contribution in [-0.2, 0) is 19.2 Å². The largest absolute Gasteiger partial charge is 0.295 e. The third-order valence-electron chi connectivity index (χ3n) is 4.03. The van der Waals surface area contributed by atoms with E-state index in [1.54, 1.807) is 0 Å². The minimum atomic E-state index is -0.539. The van der Waals surface area contributed by atoms with E-state index in [2.05, 4.69) is 0 Å². The first-order chi connectivity index (χ1) is 11.7. The maximum Gasteiger partial charge on any atom is 0.261 e. The fraction of sp³-hybridized carbons (Fsp3) is 0.167. The predicted octanol–water partition coefficient (Wildman–Crippen LogP) is 1.53. The standard InChI is InChI=1S/C18H14N2O5/c1-9-4-15(22)19(17(9)24)13-6-12(11(3)21)7-14(8-13)20-16(23)5-10(2)18(20)25/h4-8H,1-3H3. The molecule has 2 aliphatic heterocycles. The first kappa shape index (κ1) is 16.5. The second-order valence-electron chi connectivity index (χ2n) is 5.91. The molecule has 0 bridgehead atoms. The van der Waals surface area contributed by atoms with Crippen LogP contribution < -0.4 is 9.80 Å². The molecule has 25 heavy (non-hydrogen) atoms. The van der Waals surface area contributed by atoms with Gasteiger partial charge in [0.25, 0.3) is 23.6 Å². The second kappa shape index (κ2) is 5.62. The highest BCUT2D eigenvalue weighted by Crippen LogP contribution is 2.31. The molecule has 0 atom stereocenters. The van der Waals surface area contributed by atoms with Gasteiger partial charge in [-0.05, 0) is 39.0 Å². The molecule has 2 heterocycles. The Bertz CT molecular complexity index is 873. The number of rotatable bonds is 3. The lowest BCUT2D eigenvalue weighted by molar-refractivity contribution is -0.121. The molecule has 2 aliphatic rings. The SMILES string of the molecule is CC(=O)c1cc(N2C(=O)C=C(C)C2=O)cc(N2C(=O)C=C(C)C2=O)c1. The van der Waals surface area contributed by atoms with Gasteiger partial charge >= 0.3 is 0 Å². The summed E-state index contributed by atoms with van der Waals surface area (Å²) in [6.45, 7) is 4.34. The average molecular weight is 338 g/mol. The number of ketones is 1. The fourth-order valence-electron chi connectivity index (χ4n) is 2.72. The van der Waals surface area contributed by atoms with Crippen molar-refractivity contribution in [2.24, 2.45) is 0 Å². The molecule has 7 heteroatoms. The van der Waals surface area contributed by atoms with E-state index in [1.165, 1.54) is 51.1 Å². The van der Waals surface area contributed by atoms with Gasteiger partial charge in [0.2, 0.25) is 0 Å². The van der Waals surface area contributed by atoms with Crippen molar-refractivity contribution in [3.05, 3.63) is 47.1 Å². The van der Waals surface area contributed by atoms with Crippen LogP contribution in [0, 0.1) is 0 Å². The Balaban J connectivity index is 2.13. The topological polar surface area (TPSA) is 91.8 Å². The summed E-state index contributed by atoms with van der Waals surface area (Å²) in [6, 6.07) is 4.15. The lowest BCUT2D eigenvalue weighted by Crippen LogP contribution is -2.33. The average Bonchev–Trinajstić information content (AvgIpc) is 2.93. The summed E-state index contributed by atoms with van der Waals surface area (Å²) >= 11 is 0. The third kappa shape index (κ3) is 2.59. The van der Waals surface area contributed by atoms with E-state index in [0.717, 1.165) is 9.80 Å². The summed E-state index contributed by atoms with van der Waals surface area (Å²) in [6.07, 6.45) is 2.39. The van der Waals surface area contributed by atoms with Crippen LogP contribution in [0.15, 0.2) is 41.5 Å². The quantitative estimate of drug-likeness (QED) is 0.615. The van der Waals surface area contributed by atoms with E-state index >= 15 is 0 Å². The van der Waals surface area contributed by atoms with Crippen molar-refractivity contribution in [2.45, 2.75) is 20.8 Å². The molecule has 0 aromatic heterocycles. The summed E-state index contributed by atoms with van der Waals surface area (Å²) in [4.78, 5) is 62.2. The molecule has 1 aromatic rings. The number of benzene rings is 1. The van der Waals surface area contributed by atoms with Gasteiger partial charge in [0.1, 0.15) is 0 Å². The Morgan fingerprint density at radius 3 is 1.44 bits per heavy atom. The summed E-state index contributed by atoms with van der Waals surface area (Å²) in [5.74, 6) is -2.42. The zero-order valence-corrected chi connectivity index (χ0v) is 13.8. The minimum absolute atomic E-state index is 0.135. The van der Waals surface area contributed by atoms with Crippen molar-refractivity contribution < 1.29 is 24.0 Å². The van der Waals surface area contributed by atoms with Crippen LogP contribution in [-0.4, -0.2) is 29.4 Å². The zero-order valence-electron chi connectivity index (χ0n) is 13.8. The van der Waals surface area contributed by atoms with Crippen LogP contribution in [0.3, 0.4) is 0 Å². The van der Waals surface area contributed by atoms with Gasteiger partial charge < -0.3 is 0 Å². The Labute approximate surface area is 143 Å². The number of Topliss-reactive ketones (excluding diaryl/α,β-unsaturated/α-hetero) is 1. The van der Waals surface area contributed by atoms with Gasteiger partial charge in [-0.15, -0.1) is 0 Å². The van der Waals surface area contributed by atoms with E-state index in [1.807, 2.05) is 0 Å². The van der Waals surface area contributed by atoms with Crippen LogP contribution in [0.4, 0.5) is 11.4 Å². The molecule has 7 nitrogen and oxygen atoms in total. The Kier molecular flexibility index (Phi) is 3.71. The molecule has 0 N–H and O–H groups in total. The van der Waals surface area contributed by atoms with E-state index in [9.17, 15) is 24.0 Å². The molecular formula is C18H14N2O5. The van der Waals surface area contributed by atoms with Gasteiger partial charge in [0.05, 0.1) is 11.4 Å². The molecule has 0 saturated carbocycles. The number of amides is 4. The van der Waals surface area contributed by atoms with Crippen LogP contribution in [0.1, 0.15) is 31.1 Å². The molecule has 0 aliphatic carbocycles. The fourth-order valence-corrected chi connectivity index (χ4v) is 2.72. The Morgan fingerprint density at radius 1 is 0.760 bits per heavy atom. The third-order valence-corrected chi connectivity index (χ3v) is 4.03. The van der Waals surface area contributed by atoms with Crippen molar-refractivity contribution in [3.63, 3.8) is 0 Å². The smallest absolute Gasteiger partial charge is 0.261 e. The number of carbonyl (C=O) groups excluding carboxylic acids is 5. The van der Waals surface area contributed by atoms with Gasteiger partial charge in [-0.25, -0.2) is 9.80 Å². The normalized spacial score (nSPS) is 17.4. The lowest BCUT2D eigenvalue weighted by Gasteiger charge is -2.20. The molecule has 4 amide bonds. The number of hydrogen-bond acceptors (Lipinski definition) is 5. The van der Waals surface area contributed by atoms with Crippen LogP contribution >= 0.6 is 0 Å². The van der Waals surface area contributed by atoms with Crippen LogP contribution in [0.25, 0.3) is 0 Å². The predicted molar refractivity (Wildman–Crippen MR) is 88.9 cm³/mol. The van der Waals surface area contributed by atoms with Gasteiger partial charge in [0.15, 0.2) is 5.78 Å². The zero-order chi connectivity index (χ0) is 18.5. The number of hydrogen-bond donors (Lipinski definition) is 0. The van der Waals surface area contributed by atoms with Crippen molar-refractivity contribution in [1.29, 1.82) is 0 Å². The Hall–Kier alpha value is -3.35. The number of anilines is 2. The molecule has 0 fully saturated rings. The van der Waals surface area contributed by atoms with Gasteiger partial charge in [-0.2, -0.15) is 0 Å².